The van der Waals surface area contributed by atoms with Gasteiger partial charge in [0.25, 0.3) is 5.91 Å². The number of ether oxygens (including phenoxy) is 2. The molecule has 0 unspecified atom stereocenters. The minimum Gasteiger partial charge on any atom is -0.497 e. The van der Waals surface area contributed by atoms with Gasteiger partial charge in [-0.25, -0.2) is 4.99 Å². The molecule has 5 nitrogen and oxygen atoms in total. The monoisotopic (exact) mass is 342 g/mol. The molecule has 0 atom stereocenters. The molecule has 0 fully saturated rings. The Hall–Kier alpha value is -2.79. The fourth-order valence-corrected chi connectivity index (χ4v) is 2.50. The summed E-state index contributed by atoms with van der Waals surface area (Å²) in [5, 5.41) is 3.31. The number of amidine groups is 1. The van der Waals surface area contributed by atoms with Crippen molar-refractivity contribution in [2.45, 2.75) is 0 Å². The smallest absolute Gasteiger partial charge is 0.275 e. The van der Waals surface area contributed by atoms with Crippen molar-refractivity contribution in [2.75, 3.05) is 14.2 Å². The molecule has 0 saturated heterocycles. The summed E-state index contributed by atoms with van der Waals surface area (Å²) in [7, 11) is 3.16. The molecule has 0 radical (unpaired) electrons. The SMILES string of the molecule is COc1ccc(C2=N/C(=C/c3cc(Cl)ccc3OC)C(=O)N2)cc1. The van der Waals surface area contributed by atoms with Crippen molar-refractivity contribution in [3.05, 3.63) is 64.3 Å². The zero-order valence-corrected chi connectivity index (χ0v) is 13.9. The zero-order chi connectivity index (χ0) is 17.1. The second kappa shape index (κ2) is 6.76. The third kappa shape index (κ3) is 3.26. The van der Waals surface area contributed by atoms with E-state index in [0.717, 1.165) is 11.3 Å². The van der Waals surface area contributed by atoms with Crippen LogP contribution in [-0.2, 0) is 4.79 Å². The van der Waals surface area contributed by atoms with Crippen LogP contribution in [0.5, 0.6) is 11.5 Å². The summed E-state index contributed by atoms with van der Waals surface area (Å²) in [6.45, 7) is 0. The first-order valence-electron chi connectivity index (χ1n) is 7.20. The predicted octanol–water partition coefficient (Wildman–Crippen LogP) is 3.27. The fraction of sp³-hybridized carbons (Fsp3) is 0.111. The van der Waals surface area contributed by atoms with Gasteiger partial charge in [-0.1, -0.05) is 11.6 Å². The van der Waals surface area contributed by atoms with Gasteiger partial charge in [0.05, 0.1) is 14.2 Å². The molecule has 1 aliphatic heterocycles. The number of nitrogens with zero attached hydrogens (tertiary/aromatic N) is 1. The molecule has 1 amide bonds. The number of hydrogen-bond donors (Lipinski definition) is 1. The number of amides is 1. The highest BCUT2D eigenvalue weighted by Crippen LogP contribution is 2.26. The minimum absolute atomic E-state index is 0.275. The van der Waals surface area contributed by atoms with E-state index in [1.54, 1.807) is 38.5 Å². The predicted molar refractivity (Wildman–Crippen MR) is 93.7 cm³/mol. The summed E-state index contributed by atoms with van der Waals surface area (Å²) in [5.41, 5.74) is 1.78. The van der Waals surface area contributed by atoms with E-state index in [1.165, 1.54) is 0 Å². The quantitative estimate of drug-likeness (QED) is 0.867. The van der Waals surface area contributed by atoms with E-state index < -0.39 is 0 Å². The van der Waals surface area contributed by atoms with Gasteiger partial charge < -0.3 is 14.8 Å². The summed E-state index contributed by atoms with van der Waals surface area (Å²) in [5.74, 6) is 1.58. The van der Waals surface area contributed by atoms with Crippen LogP contribution in [0.3, 0.4) is 0 Å². The minimum atomic E-state index is -0.275. The maximum Gasteiger partial charge on any atom is 0.275 e. The van der Waals surface area contributed by atoms with Crippen molar-refractivity contribution in [1.82, 2.24) is 5.32 Å². The molecule has 1 aliphatic rings. The number of halogens is 1. The second-order valence-electron chi connectivity index (χ2n) is 5.06. The highest BCUT2D eigenvalue weighted by molar-refractivity contribution is 6.30. The maximum atomic E-state index is 12.2. The average molecular weight is 343 g/mol. The van der Waals surface area contributed by atoms with Gasteiger partial charge in [0.2, 0.25) is 0 Å². The van der Waals surface area contributed by atoms with Gasteiger partial charge in [-0.05, 0) is 48.5 Å². The lowest BCUT2D eigenvalue weighted by molar-refractivity contribution is -0.115. The van der Waals surface area contributed by atoms with Crippen LogP contribution in [0.1, 0.15) is 11.1 Å². The van der Waals surface area contributed by atoms with Crippen molar-refractivity contribution in [1.29, 1.82) is 0 Å². The van der Waals surface area contributed by atoms with Gasteiger partial charge >= 0.3 is 0 Å². The number of methoxy groups -OCH3 is 2. The van der Waals surface area contributed by atoms with E-state index in [1.807, 2.05) is 24.3 Å². The number of nitrogens with one attached hydrogen (secondary N) is 1. The first-order valence-corrected chi connectivity index (χ1v) is 7.58. The Morgan fingerprint density at radius 2 is 1.83 bits per heavy atom. The molecule has 2 aromatic carbocycles. The first-order chi connectivity index (χ1) is 11.6. The molecule has 122 valence electrons. The molecule has 0 saturated carbocycles. The normalized spacial score (nSPS) is 15.2. The van der Waals surface area contributed by atoms with E-state index >= 15 is 0 Å². The molecular formula is C18H15ClN2O3. The molecule has 24 heavy (non-hydrogen) atoms. The van der Waals surface area contributed by atoms with Crippen LogP contribution in [0.4, 0.5) is 0 Å². The zero-order valence-electron chi connectivity index (χ0n) is 13.2. The Balaban J connectivity index is 1.95. The highest BCUT2D eigenvalue weighted by Gasteiger charge is 2.21. The lowest BCUT2D eigenvalue weighted by Crippen LogP contribution is -2.24. The highest BCUT2D eigenvalue weighted by atomic mass is 35.5. The maximum absolute atomic E-state index is 12.2. The molecule has 0 aromatic heterocycles. The lowest BCUT2D eigenvalue weighted by Gasteiger charge is -2.05. The van der Waals surface area contributed by atoms with Crippen LogP contribution in [-0.4, -0.2) is 26.0 Å². The molecule has 3 rings (SSSR count). The molecule has 0 bridgehead atoms. The van der Waals surface area contributed by atoms with Gasteiger partial charge in [0.15, 0.2) is 0 Å². The van der Waals surface area contributed by atoms with Gasteiger partial charge in [-0.15, -0.1) is 0 Å². The molecule has 1 N–H and O–H groups in total. The van der Waals surface area contributed by atoms with Crippen molar-refractivity contribution < 1.29 is 14.3 Å². The summed E-state index contributed by atoms with van der Waals surface area (Å²) < 4.78 is 10.4. The Morgan fingerprint density at radius 1 is 1.08 bits per heavy atom. The van der Waals surface area contributed by atoms with Crippen molar-refractivity contribution in [3.63, 3.8) is 0 Å². The van der Waals surface area contributed by atoms with E-state index in [2.05, 4.69) is 10.3 Å². The number of rotatable bonds is 4. The largest absolute Gasteiger partial charge is 0.497 e. The third-order valence-electron chi connectivity index (χ3n) is 3.54. The molecule has 6 heteroatoms. The topological polar surface area (TPSA) is 59.9 Å². The Kier molecular flexibility index (Phi) is 4.53. The molecule has 1 heterocycles. The van der Waals surface area contributed by atoms with Gasteiger partial charge in [-0.3, -0.25) is 4.79 Å². The summed E-state index contributed by atoms with van der Waals surface area (Å²) in [4.78, 5) is 16.6. The summed E-state index contributed by atoms with van der Waals surface area (Å²) >= 11 is 6.02. The Morgan fingerprint density at radius 3 is 2.50 bits per heavy atom. The first kappa shape index (κ1) is 16.1. The van der Waals surface area contributed by atoms with E-state index in [0.29, 0.717) is 27.9 Å². The van der Waals surface area contributed by atoms with Crippen LogP contribution >= 0.6 is 11.6 Å². The van der Waals surface area contributed by atoms with Gasteiger partial charge in [0, 0.05) is 16.1 Å². The van der Waals surface area contributed by atoms with Crippen LogP contribution in [0, 0.1) is 0 Å². The molecule has 0 aliphatic carbocycles. The third-order valence-corrected chi connectivity index (χ3v) is 3.78. The lowest BCUT2D eigenvalue weighted by atomic mass is 10.1. The number of aliphatic imine (C=N–C) groups is 1. The average Bonchev–Trinajstić information content (AvgIpc) is 2.96. The van der Waals surface area contributed by atoms with Crippen molar-refractivity contribution in [2.24, 2.45) is 4.99 Å². The van der Waals surface area contributed by atoms with Crippen molar-refractivity contribution in [3.8, 4) is 11.5 Å². The van der Waals surface area contributed by atoms with Crippen LogP contribution in [0.2, 0.25) is 5.02 Å². The summed E-state index contributed by atoms with van der Waals surface area (Å²) in [6.07, 6.45) is 1.65. The molecule has 0 spiro atoms. The Labute approximate surface area is 144 Å². The number of carbonyl (C=O) groups is 1. The van der Waals surface area contributed by atoms with E-state index in [4.69, 9.17) is 21.1 Å². The van der Waals surface area contributed by atoms with Crippen molar-refractivity contribution >= 4 is 29.4 Å². The van der Waals surface area contributed by atoms with E-state index in [9.17, 15) is 4.79 Å². The standard InChI is InChI=1S/C18H15ClN2O3/c1-23-14-6-3-11(4-7-14)17-20-15(18(22)21-17)10-12-9-13(19)5-8-16(12)24-2/h3-10H,1-2H3,(H,20,21,22)/b15-10+. The fourth-order valence-electron chi connectivity index (χ4n) is 2.32. The molecule has 2 aromatic rings. The van der Waals surface area contributed by atoms with Crippen LogP contribution < -0.4 is 14.8 Å². The van der Waals surface area contributed by atoms with Crippen LogP contribution in [0.15, 0.2) is 53.2 Å². The van der Waals surface area contributed by atoms with E-state index in [-0.39, 0.29) is 5.91 Å². The summed E-state index contributed by atoms with van der Waals surface area (Å²) in [6, 6.07) is 12.5. The second-order valence-corrected chi connectivity index (χ2v) is 5.50. The van der Waals surface area contributed by atoms with Crippen LogP contribution in [0.25, 0.3) is 6.08 Å². The number of carbonyl (C=O) groups excluding carboxylic acids is 1. The molecular weight excluding hydrogens is 328 g/mol. The number of hydrogen-bond acceptors (Lipinski definition) is 4. The van der Waals surface area contributed by atoms with Gasteiger partial charge in [0.1, 0.15) is 23.0 Å². The van der Waals surface area contributed by atoms with Gasteiger partial charge in [-0.2, -0.15) is 0 Å². The number of benzene rings is 2. The Bertz CT molecular complexity index is 842.